The van der Waals surface area contributed by atoms with Crippen LogP contribution in [-0.2, 0) is 26.2 Å². The maximum Gasteiger partial charge on any atom is 0.264 e. The summed E-state index contributed by atoms with van der Waals surface area (Å²) >= 11 is 18.8. The molecule has 0 radical (unpaired) electrons. The van der Waals surface area contributed by atoms with Gasteiger partial charge in [-0.25, -0.2) is 8.42 Å². The summed E-state index contributed by atoms with van der Waals surface area (Å²) in [6.07, 6.45) is 4.99. The highest BCUT2D eigenvalue weighted by Gasteiger charge is 2.33. The van der Waals surface area contributed by atoms with E-state index in [0.29, 0.717) is 10.6 Å². The van der Waals surface area contributed by atoms with E-state index >= 15 is 0 Å². The zero-order chi connectivity index (χ0) is 30.4. The van der Waals surface area contributed by atoms with Gasteiger partial charge in [0.2, 0.25) is 11.8 Å². The van der Waals surface area contributed by atoms with E-state index in [1.807, 2.05) is 6.92 Å². The van der Waals surface area contributed by atoms with Gasteiger partial charge in [-0.1, -0.05) is 90.0 Å². The van der Waals surface area contributed by atoms with Crippen LogP contribution in [0.4, 0.5) is 5.69 Å². The number of nitrogens with zero attached hydrogens (tertiary/aromatic N) is 2. The molecule has 0 heterocycles. The number of sulfonamides is 1. The van der Waals surface area contributed by atoms with Gasteiger partial charge in [-0.15, -0.1) is 0 Å². The number of carbonyl (C=O) groups excluding carboxylic acids is 2. The van der Waals surface area contributed by atoms with E-state index in [0.717, 1.165) is 42.0 Å². The summed E-state index contributed by atoms with van der Waals surface area (Å²) in [5.41, 5.74) is 1.68. The molecule has 11 heteroatoms. The Bertz CT molecular complexity index is 1530. The zero-order valence-electron chi connectivity index (χ0n) is 23.5. The molecule has 1 aliphatic carbocycles. The molecular formula is C31H34Cl3N3O4S. The molecule has 4 rings (SSSR count). The van der Waals surface area contributed by atoms with Crippen LogP contribution in [0.15, 0.2) is 71.6 Å². The molecular weight excluding hydrogens is 617 g/mol. The molecule has 42 heavy (non-hydrogen) atoms. The van der Waals surface area contributed by atoms with E-state index in [1.165, 1.54) is 35.2 Å². The molecule has 7 nitrogen and oxygen atoms in total. The lowest BCUT2D eigenvalue weighted by atomic mass is 9.95. The van der Waals surface area contributed by atoms with Gasteiger partial charge in [0.1, 0.15) is 12.6 Å². The van der Waals surface area contributed by atoms with Crippen molar-refractivity contribution >= 4 is 62.3 Å². The van der Waals surface area contributed by atoms with Gasteiger partial charge in [-0.3, -0.25) is 13.9 Å². The Labute approximate surface area is 262 Å². The third kappa shape index (κ3) is 7.78. The zero-order valence-corrected chi connectivity index (χ0v) is 26.6. The number of anilines is 1. The number of hydrogen-bond donors (Lipinski definition) is 1. The van der Waals surface area contributed by atoms with Crippen molar-refractivity contribution in [1.29, 1.82) is 0 Å². The van der Waals surface area contributed by atoms with Crippen LogP contribution in [0.5, 0.6) is 0 Å². The number of rotatable bonds is 10. The van der Waals surface area contributed by atoms with Crippen molar-refractivity contribution in [3.05, 3.63) is 92.9 Å². The molecule has 0 saturated heterocycles. The van der Waals surface area contributed by atoms with E-state index < -0.39 is 28.5 Å². The standard InChI is InChI=1S/C31H34Cl3N3O4S/c1-21-12-15-26(16-13-21)42(40,41)37(25-14-17-28(33)29(34)18-25)20-30(38)36(19-23-8-6-7-11-27(23)32)22(2)31(39)35-24-9-4-3-5-10-24/h6-8,11-18,22,24H,3-5,9-10,19-20H2,1-2H3,(H,35,39)/t22-/m0/s1. The van der Waals surface area contributed by atoms with Crippen LogP contribution in [0, 0.1) is 6.92 Å². The lowest BCUT2D eigenvalue weighted by molar-refractivity contribution is -0.139. The van der Waals surface area contributed by atoms with Crippen LogP contribution in [0.1, 0.15) is 50.2 Å². The number of hydrogen-bond acceptors (Lipinski definition) is 4. The van der Waals surface area contributed by atoms with Crippen LogP contribution in [0.25, 0.3) is 0 Å². The Morgan fingerprint density at radius 1 is 0.905 bits per heavy atom. The molecule has 1 saturated carbocycles. The second-order valence-corrected chi connectivity index (χ2v) is 13.6. The fourth-order valence-electron chi connectivity index (χ4n) is 4.97. The normalized spacial score (nSPS) is 14.7. The third-order valence-electron chi connectivity index (χ3n) is 7.50. The Balaban J connectivity index is 1.70. The lowest BCUT2D eigenvalue weighted by Gasteiger charge is -2.33. The Morgan fingerprint density at radius 3 is 2.21 bits per heavy atom. The SMILES string of the molecule is Cc1ccc(S(=O)(=O)N(CC(=O)N(Cc2ccccc2Cl)[C@@H](C)C(=O)NC2CCCCC2)c2ccc(Cl)c(Cl)c2)cc1. The summed E-state index contributed by atoms with van der Waals surface area (Å²) in [6.45, 7) is 2.92. The van der Waals surface area contributed by atoms with Crippen molar-refractivity contribution in [3.63, 3.8) is 0 Å². The maximum absolute atomic E-state index is 14.1. The van der Waals surface area contributed by atoms with Gasteiger partial charge in [0, 0.05) is 17.6 Å². The fourth-order valence-corrected chi connectivity index (χ4v) is 6.86. The smallest absolute Gasteiger partial charge is 0.264 e. The van der Waals surface area contributed by atoms with Crippen LogP contribution < -0.4 is 9.62 Å². The quantitative estimate of drug-likeness (QED) is 0.256. The van der Waals surface area contributed by atoms with Gasteiger partial charge in [-0.05, 0) is 68.7 Å². The van der Waals surface area contributed by atoms with Crippen molar-refractivity contribution in [3.8, 4) is 0 Å². The molecule has 0 unspecified atom stereocenters. The summed E-state index contributed by atoms with van der Waals surface area (Å²) in [5, 5.41) is 3.90. The summed E-state index contributed by atoms with van der Waals surface area (Å²) in [5.74, 6) is -0.882. The molecule has 3 aromatic rings. The maximum atomic E-state index is 14.1. The molecule has 0 spiro atoms. The second kappa shape index (κ2) is 14.1. The minimum absolute atomic E-state index is 0.00714. The predicted molar refractivity (Wildman–Crippen MR) is 169 cm³/mol. The Hall–Kier alpha value is -2.78. The fraction of sp³-hybridized carbons (Fsp3) is 0.355. The van der Waals surface area contributed by atoms with E-state index in [2.05, 4.69) is 5.32 Å². The number of aryl methyl sites for hydroxylation is 1. The van der Waals surface area contributed by atoms with Gasteiger partial charge >= 0.3 is 0 Å². The monoisotopic (exact) mass is 649 g/mol. The molecule has 1 N–H and O–H groups in total. The number of carbonyl (C=O) groups is 2. The first-order valence-electron chi connectivity index (χ1n) is 13.8. The second-order valence-electron chi connectivity index (χ2n) is 10.6. The summed E-state index contributed by atoms with van der Waals surface area (Å²) < 4.78 is 28.9. The average molecular weight is 651 g/mol. The van der Waals surface area contributed by atoms with Crippen molar-refractivity contribution in [1.82, 2.24) is 10.2 Å². The first-order valence-corrected chi connectivity index (χ1v) is 16.4. The van der Waals surface area contributed by atoms with Gasteiger partial charge in [0.05, 0.1) is 20.6 Å². The highest BCUT2D eigenvalue weighted by Crippen LogP contribution is 2.31. The van der Waals surface area contributed by atoms with E-state index in [9.17, 15) is 18.0 Å². The largest absolute Gasteiger partial charge is 0.352 e. The Kier molecular flexibility index (Phi) is 10.8. The van der Waals surface area contributed by atoms with Gasteiger partial charge < -0.3 is 10.2 Å². The molecule has 1 atom stereocenters. The number of halogens is 3. The minimum Gasteiger partial charge on any atom is -0.352 e. The first-order chi connectivity index (χ1) is 20.0. The number of nitrogens with one attached hydrogen (secondary N) is 1. The van der Waals surface area contributed by atoms with E-state index in [1.54, 1.807) is 43.3 Å². The number of benzene rings is 3. The van der Waals surface area contributed by atoms with Crippen LogP contribution >= 0.6 is 34.8 Å². The van der Waals surface area contributed by atoms with Gasteiger partial charge in [0.25, 0.3) is 10.0 Å². The molecule has 1 aliphatic rings. The molecule has 0 aromatic heterocycles. The Morgan fingerprint density at radius 2 is 1.57 bits per heavy atom. The molecule has 224 valence electrons. The lowest BCUT2D eigenvalue weighted by Crippen LogP contribution is -2.53. The molecule has 0 bridgehead atoms. The highest BCUT2D eigenvalue weighted by atomic mass is 35.5. The van der Waals surface area contributed by atoms with E-state index in [-0.39, 0.29) is 39.1 Å². The van der Waals surface area contributed by atoms with Crippen molar-refractivity contribution in [2.75, 3.05) is 10.8 Å². The topological polar surface area (TPSA) is 86.8 Å². The van der Waals surface area contributed by atoms with Crippen LogP contribution in [0.3, 0.4) is 0 Å². The summed E-state index contributed by atoms with van der Waals surface area (Å²) in [4.78, 5) is 28.9. The summed E-state index contributed by atoms with van der Waals surface area (Å²) in [7, 11) is -4.22. The minimum atomic E-state index is -4.22. The van der Waals surface area contributed by atoms with Crippen LogP contribution in [0.2, 0.25) is 15.1 Å². The molecule has 0 aliphatic heterocycles. The van der Waals surface area contributed by atoms with Crippen LogP contribution in [-0.4, -0.2) is 43.8 Å². The van der Waals surface area contributed by atoms with Crippen molar-refractivity contribution in [2.24, 2.45) is 0 Å². The van der Waals surface area contributed by atoms with Gasteiger partial charge in [0.15, 0.2) is 0 Å². The average Bonchev–Trinajstić information content (AvgIpc) is 2.97. The predicted octanol–water partition coefficient (Wildman–Crippen LogP) is 7.02. The number of amides is 2. The summed E-state index contributed by atoms with van der Waals surface area (Å²) in [6, 6.07) is 16.9. The van der Waals surface area contributed by atoms with Crippen molar-refractivity contribution in [2.45, 2.75) is 69.5 Å². The van der Waals surface area contributed by atoms with Crippen molar-refractivity contribution < 1.29 is 18.0 Å². The third-order valence-corrected chi connectivity index (χ3v) is 10.4. The first kappa shape index (κ1) is 32.1. The molecule has 2 amide bonds. The van der Waals surface area contributed by atoms with E-state index in [4.69, 9.17) is 34.8 Å². The molecule has 3 aromatic carbocycles. The molecule has 1 fully saturated rings. The highest BCUT2D eigenvalue weighted by molar-refractivity contribution is 7.92. The van der Waals surface area contributed by atoms with Gasteiger partial charge in [-0.2, -0.15) is 0 Å².